The molecule has 0 fully saturated rings. The number of nitrogens with zero attached hydrogens (tertiary/aromatic N) is 3. The Morgan fingerprint density at radius 3 is 2.86 bits per heavy atom. The lowest BCUT2D eigenvalue weighted by molar-refractivity contribution is 0.415. The standard InChI is InChI=1S/C16H14N4O/c1-20-14-6-4-3-5-11(14)15(19-20)16-17-12-8-7-10(21-2)9-13(12)18-16/h3-9H,1-2H3,(H,17,18). The van der Waals surface area contributed by atoms with Crippen LogP contribution in [0.15, 0.2) is 42.5 Å². The third-order valence-electron chi connectivity index (χ3n) is 3.67. The molecule has 0 aliphatic carbocycles. The smallest absolute Gasteiger partial charge is 0.159 e. The van der Waals surface area contributed by atoms with Crippen molar-refractivity contribution in [2.75, 3.05) is 7.11 Å². The van der Waals surface area contributed by atoms with Gasteiger partial charge < -0.3 is 9.72 Å². The summed E-state index contributed by atoms with van der Waals surface area (Å²) in [5.74, 6) is 1.58. The first-order valence-electron chi connectivity index (χ1n) is 6.72. The van der Waals surface area contributed by atoms with Crippen LogP contribution < -0.4 is 4.74 Å². The Morgan fingerprint density at radius 1 is 1.14 bits per heavy atom. The van der Waals surface area contributed by atoms with E-state index in [4.69, 9.17) is 4.74 Å². The van der Waals surface area contributed by atoms with Crippen molar-refractivity contribution in [1.29, 1.82) is 0 Å². The molecule has 0 spiro atoms. The van der Waals surface area contributed by atoms with Crippen LogP contribution in [0.3, 0.4) is 0 Å². The third-order valence-corrected chi connectivity index (χ3v) is 3.67. The van der Waals surface area contributed by atoms with Crippen LogP contribution in [0.2, 0.25) is 0 Å². The summed E-state index contributed by atoms with van der Waals surface area (Å²) in [4.78, 5) is 7.96. The van der Waals surface area contributed by atoms with E-state index in [2.05, 4.69) is 27.2 Å². The van der Waals surface area contributed by atoms with Crippen molar-refractivity contribution >= 4 is 21.9 Å². The number of hydrogen-bond acceptors (Lipinski definition) is 3. The first-order chi connectivity index (χ1) is 10.3. The molecule has 0 bridgehead atoms. The topological polar surface area (TPSA) is 55.7 Å². The van der Waals surface area contributed by atoms with E-state index in [9.17, 15) is 0 Å². The fourth-order valence-corrected chi connectivity index (χ4v) is 2.62. The van der Waals surface area contributed by atoms with Gasteiger partial charge in [0.25, 0.3) is 0 Å². The summed E-state index contributed by atoms with van der Waals surface area (Å²) in [6.07, 6.45) is 0. The highest BCUT2D eigenvalue weighted by Crippen LogP contribution is 2.28. The zero-order valence-electron chi connectivity index (χ0n) is 11.8. The lowest BCUT2D eigenvalue weighted by atomic mass is 10.2. The van der Waals surface area contributed by atoms with Crippen molar-refractivity contribution in [3.8, 4) is 17.3 Å². The summed E-state index contributed by atoms with van der Waals surface area (Å²) in [6, 6.07) is 13.9. The Hall–Kier alpha value is -2.82. The zero-order valence-corrected chi connectivity index (χ0v) is 11.8. The number of imidazole rings is 1. The summed E-state index contributed by atoms with van der Waals surface area (Å²) in [5, 5.41) is 5.68. The zero-order chi connectivity index (χ0) is 14.4. The van der Waals surface area contributed by atoms with E-state index < -0.39 is 0 Å². The van der Waals surface area contributed by atoms with Gasteiger partial charge in [-0.3, -0.25) is 4.68 Å². The molecule has 0 aliphatic heterocycles. The second-order valence-corrected chi connectivity index (χ2v) is 4.96. The predicted octanol–water partition coefficient (Wildman–Crippen LogP) is 3.13. The SMILES string of the molecule is COc1ccc2nc(-c3nn(C)c4ccccc34)[nH]c2c1. The Balaban J connectivity index is 1.96. The maximum absolute atomic E-state index is 5.24. The molecule has 0 saturated carbocycles. The molecule has 5 nitrogen and oxygen atoms in total. The maximum atomic E-state index is 5.24. The molecule has 0 saturated heterocycles. The van der Waals surface area contributed by atoms with E-state index in [0.29, 0.717) is 0 Å². The molecule has 2 aromatic heterocycles. The maximum Gasteiger partial charge on any atom is 0.159 e. The Morgan fingerprint density at radius 2 is 2.00 bits per heavy atom. The summed E-state index contributed by atoms with van der Waals surface area (Å²) in [7, 11) is 3.60. The third kappa shape index (κ3) is 1.78. The van der Waals surface area contributed by atoms with Crippen LogP contribution >= 0.6 is 0 Å². The molecule has 21 heavy (non-hydrogen) atoms. The number of ether oxygens (including phenoxy) is 1. The van der Waals surface area contributed by atoms with Gasteiger partial charge >= 0.3 is 0 Å². The van der Waals surface area contributed by atoms with Gasteiger partial charge in [0.2, 0.25) is 0 Å². The van der Waals surface area contributed by atoms with Crippen LogP contribution in [0.1, 0.15) is 0 Å². The molecule has 2 aromatic carbocycles. The van der Waals surface area contributed by atoms with Crippen molar-refractivity contribution < 1.29 is 4.74 Å². The quantitative estimate of drug-likeness (QED) is 0.613. The number of aryl methyl sites for hydroxylation is 1. The van der Waals surface area contributed by atoms with Gasteiger partial charge in [-0.15, -0.1) is 0 Å². The van der Waals surface area contributed by atoms with Gasteiger partial charge in [-0.1, -0.05) is 18.2 Å². The number of aromatic nitrogens is 4. The molecule has 0 atom stereocenters. The van der Waals surface area contributed by atoms with E-state index in [0.717, 1.165) is 39.2 Å². The summed E-state index contributed by atoms with van der Waals surface area (Å²) >= 11 is 0. The molecular weight excluding hydrogens is 264 g/mol. The van der Waals surface area contributed by atoms with Crippen LogP contribution in [0, 0.1) is 0 Å². The lowest BCUT2D eigenvalue weighted by Crippen LogP contribution is -1.90. The molecule has 4 rings (SSSR count). The molecule has 104 valence electrons. The van der Waals surface area contributed by atoms with Crippen molar-refractivity contribution in [2.45, 2.75) is 0 Å². The van der Waals surface area contributed by atoms with Crippen LogP contribution in [-0.4, -0.2) is 26.9 Å². The normalized spacial score (nSPS) is 11.3. The minimum absolute atomic E-state index is 0.773. The average Bonchev–Trinajstić information content (AvgIpc) is 3.08. The number of para-hydroxylation sites is 1. The molecule has 0 radical (unpaired) electrons. The van der Waals surface area contributed by atoms with E-state index in [1.165, 1.54) is 0 Å². The summed E-state index contributed by atoms with van der Waals surface area (Å²) in [6.45, 7) is 0. The molecule has 0 aliphatic rings. The van der Waals surface area contributed by atoms with Gasteiger partial charge in [0.15, 0.2) is 5.82 Å². The highest BCUT2D eigenvalue weighted by atomic mass is 16.5. The van der Waals surface area contributed by atoms with Crippen LogP contribution in [0.4, 0.5) is 0 Å². The van der Waals surface area contributed by atoms with E-state index >= 15 is 0 Å². The first-order valence-corrected chi connectivity index (χ1v) is 6.72. The summed E-state index contributed by atoms with van der Waals surface area (Å²) in [5.41, 5.74) is 3.80. The number of nitrogens with one attached hydrogen (secondary N) is 1. The second kappa shape index (κ2) is 4.34. The van der Waals surface area contributed by atoms with Gasteiger partial charge in [-0.05, 0) is 18.2 Å². The molecule has 5 heteroatoms. The van der Waals surface area contributed by atoms with Gasteiger partial charge in [-0.25, -0.2) is 4.98 Å². The number of fused-ring (bicyclic) bond motifs is 2. The largest absolute Gasteiger partial charge is 0.497 e. The Kier molecular flexibility index (Phi) is 2.47. The molecule has 0 amide bonds. The lowest BCUT2D eigenvalue weighted by Gasteiger charge is -1.96. The first kappa shape index (κ1) is 12.0. The molecule has 0 unspecified atom stereocenters. The van der Waals surface area contributed by atoms with Gasteiger partial charge in [0.1, 0.15) is 11.4 Å². The molecule has 2 heterocycles. The van der Waals surface area contributed by atoms with Crippen LogP contribution in [0.25, 0.3) is 33.5 Å². The van der Waals surface area contributed by atoms with Crippen LogP contribution in [-0.2, 0) is 7.05 Å². The monoisotopic (exact) mass is 278 g/mol. The van der Waals surface area contributed by atoms with E-state index in [1.54, 1.807) is 7.11 Å². The number of H-pyrrole nitrogens is 1. The minimum Gasteiger partial charge on any atom is -0.497 e. The number of rotatable bonds is 2. The van der Waals surface area contributed by atoms with Gasteiger partial charge in [-0.2, -0.15) is 5.10 Å². The van der Waals surface area contributed by atoms with Crippen LogP contribution in [0.5, 0.6) is 5.75 Å². The second-order valence-electron chi connectivity index (χ2n) is 4.96. The number of methoxy groups -OCH3 is 1. The van der Waals surface area contributed by atoms with E-state index in [-0.39, 0.29) is 0 Å². The van der Waals surface area contributed by atoms with Crippen molar-refractivity contribution in [2.24, 2.45) is 7.05 Å². The molecular formula is C16H14N4O. The average molecular weight is 278 g/mol. The Bertz CT molecular complexity index is 951. The fourth-order valence-electron chi connectivity index (χ4n) is 2.62. The van der Waals surface area contributed by atoms with Crippen molar-refractivity contribution in [3.63, 3.8) is 0 Å². The van der Waals surface area contributed by atoms with Crippen molar-refractivity contribution in [3.05, 3.63) is 42.5 Å². The van der Waals surface area contributed by atoms with E-state index in [1.807, 2.05) is 42.1 Å². The number of aromatic amines is 1. The summed E-state index contributed by atoms with van der Waals surface area (Å²) < 4.78 is 7.12. The molecule has 4 aromatic rings. The molecule has 1 N–H and O–H groups in total. The predicted molar refractivity (Wildman–Crippen MR) is 82.4 cm³/mol. The number of hydrogen-bond donors (Lipinski definition) is 1. The number of benzene rings is 2. The minimum atomic E-state index is 0.773. The highest BCUT2D eigenvalue weighted by Gasteiger charge is 2.14. The van der Waals surface area contributed by atoms with Gasteiger partial charge in [0, 0.05) is 18.5 Å². The van der Waals surface area contributed by atoms with Gasteiger partial charge in [0.05, 0.1) is 23.7 Å². The van der Waals surface area contributed by atoms with Crippen molar-refractivity contribution in [1.82, 2.24) is 19.7 Å². The highest BCUT2D eigenvalue weighted by molar-refractivity contribution is 5.93. The Labute approximate surface area is 121 Å². The fraction of sp³-hybridized carbons (Fsp3) is 0.125.